The van der Waals surface area contributed by atoms with Crippen molar-refractivity contribution in [2.45, 2.75) is 12.5 Å². The number of aromatic hydroxyl groups is 1. The maximum atomic E-state index is 9.22. The van der Waals surface area contributed by atoms with E-state index in [9.17, 15) is 5.11 Å². The van der Waals surface area contributed by atoms with Gasteiger partial charge in [-0.3, -0.25) is 0 Å². The van der Waals surface area contributed by atoms with Crippen LogP contribution in [0.2, 0.25) is 0 Å². The zero-order valence-corrected chi connectivity index (χ0v) is 9.88. The van der Waals surface area contributed by atoms with Gasteiger partial charge in [0, 0.05) is 12.6 Å². The van der Waals surface area contributed by atoms with Crippen LogP contribution in [0.4, 0.5) is 0 Å². The topological polar surface area (TPSA) is 66.5 Å². The van der Waals surface area contributed by atoms with Gasteiger partial charge in [-0.1, -0.05) is 6.07 Å². The Kier molecular flexibility index (Phi) is 6.11. The molecular weight excluding hydrogens is 269 g/mol. The average Bonchev–Trinajstić information content (AvgIpc) is 2.10. The Balaban J connectivity index is 0.00000169. The number of phenolic OH excluding ortho intramolecular Hbond substituents is 1. The zero-order chi connectivity index (χ0) is 9.84. The number of aliphatic hydroxyl groups excluding tert-OH is 1. The fraction of sp³-hybridized carbons (Fsp3) is 0.333. The standard InChI is InChI=1S/C9H12BrNO2.ClH/c10-7-5-6(1-2-9(7)13)8(11)3-4-12;/h1-2,5,8,12-13H,3-4,11H2;1H/t8-;/m1./s1. The monoisotopic (exact) mass is 281 g/mol. The van der Waals surface area contributed by atoms with E-state index in [1.54, 1.807) is 18.2 Å². The van der Waals surface area contributed by atoms with Crippen molar-refractivity contribution in [3.05, 3.63) is 28.2 Å². The molecule has 14 heavy (non-hydrogen) atoms. The number of rotatable bonds is 3. The number of halogens is 2. The highest BCUT2D eigenvalue weighted by molar-refractivity contribution is 9.10. The summed E-state index contributed by atoms with van der Waals surface area (Å²) in [5.74, 6) is 0.194. The lowest BCUT2D eigenvalue weighted by Gasteiger charge is -2.10. The van der Waals surface area contributed by atoms with Crippen LogP contribution >= 0.6 is 28.3 Å². The second-order valence-electron chi connectivity index (χ2n) is 2.83. The summed E-state index contributed by atoms with van der Waals surface area (Å²) in [5.41, 5.74) is 6.66. The molecule has 0 aromatic heterocycles. The van der Waals surface area contributed by atoms with Gasteiger partial charge in [-0.2, -0.15) is 0 Å². The summed E-state index contributed by atoms with van der Waals surface area (Å²) in [7, 11) is 0. The van der Waals surface area contributed by atoms with Crippen LogP contribution in [0.15, 0.2) is 22.7 Å². The molecule has 0 spiro atoms. The fourth-order valence-corrected chi connectivity index (χ4v) is 1.46. The molecule has 1 rings (SSSR count). The molecule has 0 heterocycles. The molecule has 0 unspecified atom stereocenters. The molecule has 0 bridgehead atoms. The Morgan fingerprint density at radius 1 is 1.43 bits per heavy atom. The molecule has 0 aliphatic rings. The highest BCUT2D eigenvalue weighted by atomic mass is 79.9. The van der Waals surface area contributed by atoms with Crippen molar-refractivity contribution in [2.75, 3.05) is 6.61 Å². The molecule has 80 valence electrons. The summed E-state index contributed by atoms with van der Waals surface area (Å²) in [6.45, 7) is 0.0691. The molecule has 5 heteroatoms. The molecule has 1 aromatic rings. The lowest BCUT2D eigenvalue weighted by molar-refractivity contribution is 0.276. The molecule has 0 aliphatic heterocycles. The number of hydrogen-bond donors (Lipinski definition) is 3. The molecule has 1 aromatic carbocycles. The van der Waals surface area contributed by atoms with Crippen LogP contribution in [0.1, 0.15) is 18.0 Å². The van der Waals surface area contributed by atoms with E-state index in [1.807, 2.05) is 0 Å². The Hall–Kier alpha value is -0.290. The van der Waals surface area contributed by atoms with Crippen LogP contribution < -0.4 is 5.73 Å². The summed E-state index contributed by atoms with van der Waals surface area (Å²) in [4.78, 5) is 0. The Morgan fingerprint density at radius 2 is 2.07 bits per heavy atom. The Bertz CT molecular complexity index is 296. The molecule has 0 fully saturated rings. The van der Waals surface area contributed by atoms with Gasteiger partial charge in [0.25, 0.3) is 0 Å². The molecule has 0 saturated carbocycles. The van der Waals surface area contributed by atoms with Crippen LogP contribution in [-0.2, 0) is 0 Å². The van der Waals surface area contributed by atoms with Crippen molar-refractivity contribution in [3.8, 4) is 5.75 Å². The number of benzene rings is 1. The zero-order valence-electron chi connectivity index (χ0n) is 7.48. The van der Waals surface area contributed by atoms with E-state index >= 15 is 0 Å². The SMILES string of the molecule is Cl.N[C@H](CCO)c1ccc(O)c(Br)c1. The molecular formula is C9H13BrClNO2. The molecule has 0 aliphatic carbocycles. The first-order valence-corrected chi connectivity index (χ1v) is 4.79. The number of aliphatic hydroxyl groups is 1. The van der Waals surface area contributed by atoms with Crippen molar-refractivity contribution in [1.82, 2.24) is 0 Å². The van der Waals surface area contributed by atoms with E-state index in [4.69, 9.17) is 10.8 Å². The van der Waals surface area contributed by atoms with E-state index < -0.39 is 0 Å². The minimum atomic E-state index is -0.179. The third-order valence-corrected chi connectivity index (χ3v) is 2.48. The van der Waals surface area contributed by atoms with Gasteiger partial charge in [0.2, 0.25) is 0 Å². The van der Waals surface area contributed by atoms with Gasteiger partial charge >= 0.3 is 0 Å². The molecule has 4 N–H and O–H groups in total. The summed E-state index contributed by atoms with van der Waals surface area (Å²) in [5, 5.41) is 17.9. The number of hydrogen-bond acceptors (Lipinski definition) is 3. The van der Waals surface area contributed by atoms with Gasteiger partial charge in [-0.15, -0.1) is 12.4 Å². The van der Waals surface area contributed by atoms with E-state index in [1.165, 1.54) is 0 Å². The molecule has 1 atom stereocenters. The smallest absolute Gasteiger partial charge is 0.129 e. The third kappa shape index (κ3) is 3.46. The Labute approximate surface area is 97.5 Å². The van der Waals surface area contributed by atoms with Crippen LogP contribution in [0.25, 0.3) is 0 Å². The molecule has 0 saturated heterocycles. The van der Waals surface area contributed by atoms with Crippen molar-refractivity contribution < 1.29 is 10.2 Å². The van der Waals surface area contributed by atoms with Gasteiger partial charge in [-0.05, 0) is 40.0 Å². The maximum Gasteiger partial charge on any atom is 0.129 e. The van der Waals surface area contributed by atoms with Crippen molar-refractivity contribution in [3.63, 3.8) is 0 Å². The van der Waals surface area contributed by atoms with E-state index in [0.29, 0.717) is 10.9 Å². The first-order valence-electron chi connectivity index (χ1n) is 4.00. The summed E-state index contributed by atoms with van der Waals surface area (Å²) in [6, 6.07) is 4.91. The quantitative estimate of drug-likeness (QED) is 0.794. The highest BCUT2D eigenvalue weighted by Gasteiger charge is 2.06. The first kappa shape index (κ1) is 13.7. The summed E-state index contributed by atoms with van der Waals surface area (Å²) >= 11 is 3.20. The van der Waals surface area contributed by atoms with Gasteiger partial charge in [0.15, 0.2) is 0 Å². The number of phenols is 1. The van der Waals surface area contributed by atoms with Gasteiger partial charge in [0.05, 0.1) is 4.47 Å². The van der Waals surface area contributed by atoms with E-state index in [2.05, 4.69) is 15.9 Å². The van der Waals surface area contributed by atoms with Crippen LogP contribution in [0, 0.1) is 0 Å². The van der Waals surface area contributed by atoms with Crippen molar-refractivity contribution >= 4 is 28.3 Å². The second-order valence-corrected chi connectivity index (χ2v) is 3.68. The molecule has 3 nitrogen and oxygen atoms in total. The lowest BCUT2D eigenvalue weighted by Crippen LogP contribution is -2.11. The van der Waals surface area contributed by atoms with E-state index in [0.717, 1.165) is 5.56 Å². The van der Waals surface area contributed by atoms with Crippen molar-refractivity contribution in [1.29, 1.82) is 0 Å². The summed E-state index contributed by atoms with van der Waals surface area (Å²) in [6.07, 6.45) is 0.525. The Morgan fingerprint density at radius 3 is 2.57 bits per heavy atom. The minimum Gasteiger partial charge on any atom is -0.507 e. The molecule has 0 amide bonds. The molecule has 0 radical (unpaired) electrons. The normalized spacial score (nSPS) is 11.9. The fourth-order valence-electron chi connectivity index (χ4n) is 1.06. The second kappa shape index (κ2) is 6.24. The van der Waals surface area contributed by atoms with Gasteiger partial charge < -0.3 is 15.9 Å². The van der Waals surface area contributed by atoms with Gasteiger partial charge in [-0.25, -0.2) is 0 Å². The third-order valence-electron chi connectivity index (χ3n) is 1.84. The predicted molar refractivity (Wildman–Crippen MR) is 61.7 cm³/mol. The predicted octanol–water partition coefficient (Wildman–Crippen LogP) is 1.96. The van der Waals surface area contributed by atoms with Gasteiger partial charge in [0.1, 0.15) is 5.75 Å². The van der Waals surface area contributed by atoms with Crippen LogP contribution in [0.3, 0.4) is 0 Å². The van der Waals surface area contributed by atoms with Crippen LogP contribution in [-0.4, -0.2) is 16.8 Å². The average molecular weight is 283 g/mol. The number of nitrogens with two attached hydrogens (primary N) is 1. The lowest BCUT2D eigenvalue weighted by atomic mass is 10.1. The minimum absolute atomic E-state index is 0. The highest BCUT2D eigenvalue weighted by Crippen LogP contribution is 2.27. The van der Waals surface area contributed by atoms with E-state index in [-0.39, 0.29) is 30.8 Å². The van der Waals surface area contributed by atoms with Crippen molar-refractivity contribution in [2.24, 2.45) is 5.73 Å². The first-order chi connectivity index (χ1) is 6.15. The summed E-state index contributed by atoms with van der Waals surface area (Å²) < 4.78 is 0.624. The maximum absolute atomic E-state index is 9.22. The van der Waals surface area contributed by atoms with Crippen LogP contribution in [0.5, 0.6) is 5.75 Å². The largest absolute Gasteiger partial charge is 0.507 e.